The van der Waals surface area contributed by atoms with E-state index in [1.165, 1.54) is 0 Å². The molecule has 2 amide bonds. The van der Waals surface area contributed by atoms with E-state index in [9.17, 15) is 4.79 Å². The zero-order valence-electron chi connectivity index (χ0n) is 8.10. The number of benzene rings is 1. The maximum absolute atomic E-state index is 11.3. The molecule has 0 saturated carbocycles. The molecule has 5 nitrogen and oxygen atoms in total. The Morgan fingerprint density at radius 2 is 2.00 bits per heavy atom. The third kappa shape index (κ3) is 2.57. The van der Waals surface area contributed by atoms with E-state index in [0.29, 0.717) is 5.69 Å². The molecule has 3 N–H and O–H groups in total. The van der Waals surface area contributed by atoms with E-state index in [2.05, 4.69) is 16.8 Å². The summed E-state index contributed by atoms with van der Waals surface area (Å²) < 4.78 is 3.06. The van der Waals surface area contributed by atoms with Crippen molar-refractivity contribution in [3.63, 3.8) is 0 Å². The highest BCUT2D eigenvalue weighted by molar-refractivity contribution is 7.47. The molecule has 0 aliphatic heterocycles. The first-order valence-corrected chi connectivity index (χ1v) is 4.51. The standard InChI is InChI=1S/C9H10N4OS/c1-6-2-4-7(5-3-6)13(8(10)11)9(14)12-15/h2-5H,1H3,(H3,10,11). The van der Waals surface area contributed by atoms with Gasteiger partial charge in [0.1, 0.15) is 0 Å². The molecule has 0 aliphatic rings. The minimum atomic E-state index is -0.735. The van der Waals surface area contributed by atoms with Gasteiger partial charge in [0.15, 0.2) is 0 Å². The predicted molar refractivity (Wildman–Crippen MR) is 60.8 cm³/mol. The highest BCUT2D eigenvalue weighted by Crippen LogP contribution is 2.15. The third-order valence-corrected chi connectivity index (χ3v) is 1.96. The topological polar surface area (TPSA) is 82.5 Å². The number of aryl methyl sites for hydroxylation is 1. The van der Waals surface area contributed by atoms with E-state index in [4.69, 9.17) is 11.1 Å². The van der Waals surface area contributed by atoms with E-state index in [-0.39, 0.29) is 0 Å². The summed E-state index contributed by atoms with van der Waals surface area (Å²) in [5.41, 5.74) is 6.79. The van der Waals surface area contributed by atoms with Crippen LogP contribution in [-0.4, -0.2) is 12.0 Å². The van der Waals surface area contributed by atoms with Gasteiger partial charge < -0.3 is 5.73 Å². The molecule has 15 heavy (non-hydrogen) atoms. The summed E-state index contributed by atoms with van der Waals surface area (Å²) in [5, 5.41) is 7.25. The SMILES string of the molecule is Cc1ccc(N(C(=N)N)C(=O)N=S)cc1. The quantitative estimate of drug-likeness (QED) is 0.558. The van der Waals surface area contributed by atoms with Crippen molar-refractivity contribution in [2.24, 2.45) is 10.1 Å². The Morgan fingerprint density at radius 1 is 1.47 bits per heavy atom. The van der Waals surface area contributed by atoms with Crippen LogP contribution in [0.1, 0.15) is 5.56 Å². The van der Waals surface area contributed by atoms with Crippen LogP contribution in [0, 0.1) is 12.3 Å². The molecule has 0 spiro atoms. The van der Waals surface area contributed by atoms with Crippen molar-refractivity contribution in [3.8, 4) is 0 Å². The van der Waals surface area contributed by atoms with Gasteiger partial charge in [0.2, 0.25) is 5.96 Å². The van der Waals surface area contributed by atoms with Crippen molar-refractivity contribution in [2.75, 3.05) is 4.90 Å². The number of carbonyl (C=O) groups excluding carboxylic acids is 1. The molecule has 1 aromatic carbocycles. The molecule has 6 heteroatoms. The van der Waals surface area contributed by atoms with Crippen LogP contribution >= 0.6 is 0 Å². The molecule has 0 unspecified atom stereocenters. The number of rotatable bonds is 1. The molecule has 0 aliphatic carbocycles. The van der Waals surface area contributed by atoms with Crippen LogP contribution in [-0.2, 0) is 12.4 Å². The lowest BCUT2D eigenvalue weighted by atomic mass is 10.2. The van der Waals surface area contributed by atoms with Gasteiger partial charge in [-0.3, -0.25) is 5.41 Å². The molecule has 0 atom stereocenters. The lowest BCUT2D eigenvalue weighted by Gasteiger charge is -2.17. The molecular weight excluding hydrogens is 212 g/mol. The van der Waals surface area contributed by atoms with Gasteiger partial charge in [-0.25, -0.2) is 9.69 Å². The van der Waals surface area contributed by atoms with E-state index in [0.717, 1.165) is 10.5 Å². The Kier molecular flexibility index (Phi) is 3.46. The van der Waals surface area contributed by atoms with Crippen molar-refractivity contribution in [1.82, 2.24) is 0 Å². The smallest absolute Gasteiger partial charge is 0.366 e. The summed E-state index contributed by atoms with van der Waals surface area (Å²) >= 11 is 4.28. The van der Waals surface area contributed by atoms with Gasteiger partial charge in [-0.2, -0.15) is 0 Å². The predicted octanol–water partition coefficient (Wildman–Crippen LogP) is 1.55. The van der Waals surface area contributed by atoms with Gasteiger partial charge in [-0.1, -0.05) is 17.7 Å². The van der Waals surface area contributed by atoms with Gasteiger partial charge >= 0.3 is 6.03 Å². The number of amides is 2. The number of nitrogens with two attached hydrogens (primary N) is 1. The average molecular weight is 222 g/mol. The Hall–Kier alpha value is -1.82. The molecule has 0 saturated heterocycles. The average Bonchev–Trinajstić information content (AvgIpc) is 2.20. The Labute approximate surface area is 92.6 Å². The molecule has 1 aromatic rings. The zero-order valence-corrected chi connectivity index (χ0v) is 8.91. The maximum atomic E-state index is 11.3. The highest BCUT2D eigenvalue weighted by Gasteiger charge is 2.17. The summed E-state index contributed by atoms with van der Waals surface area (Å²) in [4.78, 5) is 12.2. The minimum Gasteiger partial charge on any atom is -0.369 e. The van der Waals surface area contributed by atoms with Gasteiger partial charge in [0.25, 0.3) is 0 Å². The molecular formula is C9H10N4OS. The summed E-state index contributed by atoms with van der Waals surface area (Å²) in [6.07, 6.45) is 0. The van der Waals surface area contributed by atoms with Gasteiger partial charge in [0.05, 0.1) is 5.69 Å². The van der Waals surface area contributed by atoms with Crippen molar-refractivity contribution < 1.29 is 4.79 Å². The molecule has 0 radical (unpaired) electrons. The number of hydrogen-bond acceptors (Lipinski definition) is 3. The first-order chi connectivity index (χ1) is 7.06. The number of guanidine groups is 1. The Morgan fingerprint density at radius 3 is 2.40 bits per heavy atom. The van der Waals surface area contributed by atoms with Crippen LogP contribution < -0.4 is 10.6 Å². The third-order valence-electron chi connectivity index (χ3n) is 1.80. The summed E-state index contributed by atoms with van der Waals surface area (Å²) in [5.74, 6) is -0.405. The van der Waals surface area contributed by atoms with Crippen molar-refractivity contribution >= 4 is 30.1 Å². The number of hydrogen-bond donors (Lipinski definition) is 2. The summed E-state index contributed by atoms with van der Waals surface area (Å²) in [6, 6.07) is 6.23. The summed E-state index contributed by atoms with van der Waals surface area (Å²) in [6.45, 7) is 1.92. The monoisotopic (exact) mass is 222 g/mol. The Balaban J connectivity index is 3.10. The molecule has 0 bridgehead atoms. The van der Waals surface area contributed by atoms with Crippen LogP contribution in [0.2, 0.25) is 0 Å². The van der Waals surface area contributed by atoms with Crippen molar-refractivity contribution in [3.05, 3.63) is 29.8 Å². The Bertz CT molecular complexity index is 401. The normalized spacial score (nSPS) is 9.40. The van der Waals surface area contributed by atoms with Crippen molar-refractivity contribution in [2.45, 2.75) is 6.92 Å². The molecule has 0 aromatic heterocycles. The largest absolute Gasteiger partial charge is 0.369 e. The summed E-state index contributed by atoms with van der Waals surface area (Å²) in [7, 11) is 0. The van der Waals surface area contributed by atoms with Crippen LogP contribution in [0.15, 0.2) is 28.6 Å². The van der Waals surface area contributed by atoms with Gasteiger partial charge in [0, 0.05) is 12.4 Å². The van der Waals surface area contributed by atoms with Crippen LogP contribution in [0.25, 0.3) is 0 Å². The minimum absolute atomic E-state index is 0.405. The fraction of sp³-hybridized carbons (Fsp3) is 0.111. The number of urea groups is 1. The second-order valence-corrected chi connectivity index (χ2v) is 3.11. The molecule has 0 heterocycles. The zero-order chi connectivity index (χ0) is 11.4. The van der Waals surface area contributed by atoms with E-state index < -0.39 is 12.0 Å². The highest BCUT2D eigenvalue weighted by atomic mass is 32.1. The first kappa shape index (κ1) is 11.3. The maximum Gasteiger partial charge on any atom is 0.366 e. The number of anilines is 1. The molecule has 0 fully saturated rings. The van der Waals surface area contributed by atoms with E-state index in [1.54, 1.807) is 12.1 Å². The molecule has 1 rings (SSSR count). The lowest BCUT2D eigenvalue weighted by Crippen LogP contribution is -2.39. The first-order valence-electron chi connectivity index (χ1n) is 4.14. The second-order valence-electron chi connectivity index (χ2n) is 2.93. The number of carbonyl (C=O) groups is 1. The van der Waals surface area contributed by atoms with Crippen LogP contribution in [0.5, 0.6) is 0 Å². The number of nitrogens with zero attached hydrogens (tertiary/aromatic N) is 2. The van der Waals surface area contributed by atoms with Crippen LogP contribution in [0.4, 0.5) is 10.5 Å². The molecule has 78 valence electrons. The van der Waals surface area contributed by atoms with Gasteiger partial charge in [-0.15, -0.1) is 4.36 Å². The van der Waals surface area contributed by atoms with E-state index in [1.807, 2.05) is 19.1 Å². The fourth-order valence-electron chi connectivity index (χ4n) is 1.09. The second kappa shape index (κ2) is 4.61. The van der Waals surface area contributed by atoms with Crippen LogP contribution in [0.3, 0.4) is 0 Å². The number of nitrogens with one attached hydrogen (secondary N) is 1. The fourth-order valence-corrected chi connectivity index (χ4v) is 1.17. The van der Waals surface area contributed by atoms with E-state index >= 15 is 0 Å². The van der Waals surface area contributed by atoms with Crippen molar-refractivity contribution in [1.29, 1.82) is 5.41 Å². The van der Waals surface area contributed by atoms with Gasteiger partial charge in [-0.05, 0) is 19.1 Å². The lowest BCUT2D eigenvalue weighted by molar-refractivity contribution is 0.257.